The van der Waals surface area contributed by atoms with E-state index < -0.39 is 47.7 Å². The van der Waals surface area contributed by atoms with Crippen LogP contribution in [0.4, 0.5) is 5.69 Å². The first-order chi connectivity index (χ1) is 12.0. The molecule has 1 unspecified atom stereocenters. The van der Waals surface area contributed by atoms with Crippen LogP contribution in [0.2, 0.25) is 0 Å². The Hall–Kier alpha value is -2.66. The molecule has 11 heteroatoms. The van der Waals surface area contributed by atoms with Crippen molar-refractivity contribution >= 4 is 40.0 Å². The summed E-state index contributed by atoms with van der Waals surface area (Å²) in [6.07, 6.45) is 0. The maximum Gasteiger partial charge on any atom is 0.420 e. The summed E-state index contributed by atoms with van der Waals surface area (Å²) in [5, 5.41) is 8.83. The number of fused-ring (bicyclic) bond motifs is 1. The van der Waals surface area contributed by atoms with Gasteiger partial charge in [-0.3, -0.25) is 22.7 Å². The molecule has 0 saturated carbocycles. The largest absolute Gasteiger partial charge is 0.755 e. The fourth-order valence-corrected chi connectivity index (χ4v) is 2.71. The van der Waals surface area contributed by atoms with Crippen molar-refractivity contribution in [1.29, 1.82) is 0 Å². The number of carbonyl (C=O) groups excluding carboxylic acids is 1. The number of aliphatic carboxylic acids is 1. The zero-order valence-electron chi connectivity index (χ0n) is 14.3. The van der Waals surface area contributed by atoms with E-state index in [1.165, 1.54) is 18.2 Å². The molecular weight excluding hydrogens is 368 g/mol. The smallest absolute Gasteiger partial charge is 0.420 e. The number of carboxylic acids is 1. The van der Waals surface area contributed by atoms with Crippen LogP contribution >= 0.6 is 0 Å². The number of hydrogen-bond acceptors (Lipinski definition) is 7. The average Bonchev–Trinajstić information content (AvgIpc) is 2.77. The number of hydrogen-bond donors (Lipinski definition) is 1. The average molecular weight is 385 g/mol. The van der Waals surface area contributed by atoms with E-state index in [0.717, 1.165) is 8.87 Å². The first-order valence-corrected chi connectivity index (χ1v) is 8.45. The quantitative estimate of drug-likeness (QED) is 0.563. The van der Waals surface area contributed by atoms with Crippen molar-refractivity contribution in [2.24, 2.45) is 0 Å². The van der Waals surface area contributed by atoms with Crippen LogP contribution in [0.3, 0.4) is 0 Å². The molecule has 142 valence electrons. The molecular formula is C15H17N2O8S-. The minimum atomic E-state index is -2.79. The van der Waals surface area contributed by atoms with Crippen LogP contribution in [-0.2, 0) is 32.1 Å². The van der Waals surface area contributed by atoms with Crippen LogP contribution in [0.15, 0.2) is 27.4 Å². The molecule has 26 heavy (non-hydrogen) atoms. The lowest BCUT2D eigenvalue weighted by atomic mass is 10.2. The highest BCUT2D eigenvalue weighted by molar-refractivity contribution is 7.80. The number of rotatable bonds is 6. The van der Waals surface area contributed by atoms with Crippen molar-refractivity contribution in [1.82, 2.24) is 4.57 Å². The molecule has 1 aromatic heterocycles. The number of carbonyl (C=O) groups is 2. The monoisotopic (exact) mass is 385 g/mol. The lowest BCUT2D eigenvalue weighted by Gasteiger charge is -2.27. The van der Waals surface area contributed by atoms with Crippen LogP contribution in [-0.4, -0.2) is 42.5 Å². The van der Waals surface area contributed by atoms with Crippen LogP contribution in [0.5, 0.6) is 0 Å². The number of oxazole rings is 1. The predicted molar refractivity (Wildman–Crippen MR) is 90.2 cm³/mol. The van der Waals surface area contributed by atoms with Crippen molar-refractivity contribution in [3.05, 3.63) is 28.7 Å². The summed E-state index contributed by atoms with van der Waals surface area (Å²) >= 11 is -2.79. The van der Waals surface area contributed by atoms with Crippen molar-refractivity contribution in [3.8, 4) is 0 Å². The van der Waals surface area contributed by atoms with E-state index in [1.54, 1.807) is 20.8 Å². The third-order valence-electron chi connectivity index (χ3n) is 3.11. The van der Waals surface area contributed by atoms with Crippen LogP contribution < -0.4 is 10.1 Å². The second-order valence-electron chi connectivity index (χ2n) is 6.34. The highest BCUT2D eigenvalue weighted by atomic mass is 32.2. The summed E-state index contributed by atoms with van der Waals surface area (Å²) in [5.74, 6) is -2.88. The molecule has 0 aliphatic rings. The normalized spacial score (nSPS) is 12.8. The minimum Gasteiger partial charge on any atom is -0.755 e. The molecule has 10 nitrogen and oxygen atoms in total. The standard InChI is InChI=1S/C15H18N2O8S/c1-15(2,3)25-13(20)8-17(26(22)23)9-4-5-10-11(6-9)24-14(21)16(10)7-12(18)19/h4-6H,7-8H2,1-3H3,(H,18,19)(H,22,23)/p-1. The molecule has 1 N–H and O–H groups in total. The number of anilines is 1. The van der Waals surface area contributed by atoms with E-state index in [2.05, 4.69) is 0 Å². The van der Waals surface area contributed by atoms with Crippen molar-refractivity contribution in [2.75, 3.05) is 10.8 Å². The Morgan fingerprint density at radius 2 is 2.04 bits per heavy atom. The van der Waals surface area contributed by atoms with E-state index in [9.17, 15) is 23.1 Å². The van der Waals surface area contributed by atoms with Gasteiger partial charge in [0.2, 0.25) is 0 Å². The SMILES string of the molecule is CC(C)(C)OC(=O)CN(c1ccc2c(c1)oc(=O)n2CC(=O)O)S(=O)[O-]. The lowest BCUT2D eigenvalue weighted by Crippen LogP contribution is -2.36. The summed E-state index contributed by atoms with van der Waals surface area (Å²) in [4.78, 5) is 34.5. The van der Waals surface area contributed by atoms with Crippen molar-refractivity contribution < 1.29 is 32.6 Å². The van der Waals surface area contributed by atoms with Gasteiger partial charge in [-0.25, -0.2) is 4.79 Å². The van der Waals surface area contributed by atoms with Gasteiger partial charge < -0.3 is 18.8 Å². The highest BCUT2D eigenvalue weighted by Gasteiger charge is 2.21. The van der Waals surface area contributed by atoms with Crippen molar-refractivity contribution in [3.63, 3.8) is 0 Å². The molecule has 0 amide bonds. The highest BCUT2D eigenvalue weighted by Crippen LogP contribution is 2.23. The second kappa shape index (κ2) is 7.30. The van der Waals surface area contributed by atoms with Gasteiger partial charge in [0.1, 0.15) is 18.7 Å². The number of carboxylic acid groups (broad SMARTS) is 1. The van der Waals surface area contributed by atoms with Gasteiger partial charge in [-0.1, -0.05) is 0 Å². The first kappa shape index (κ1) is 19.7. The van der Waals surface area contributed by atoms with Gasteiger partial charge in [-0.2, -0.15) is 0 Å². The number of ether oxygens (including phenoxy) is 1. The summed E-state index contributed by atoms with van der Waals surface area (Å²) in [5.41, 5.74) is -0.533. The summed E-state index contributed by atoms with van der Waals surface area (Å²) in [6, 6.07) is 3.90. The van der Waals surface area contributed by atoms with Crippen molar-refractivity contribution in [2.45, 2.75) is 32.9 Å². The van der Waals surface area contributed by atoms with E-state index in [1.807, 2.05) is 0 Å². The minimum absolute atomic E-state index is 0.00612. The molecule has 0 saturated heterocycles. The Balaban J connectivity index is 2.36. The van der Waals surface area contributed by atoms with E-state index in [0.29, 0.717) is 0 Å². The number of benzene rings is 1. The second-order valence-corrected chi connectivity index (χ2v) is 7.22. The van der Waals surface area contributed by atoms with Gasteiger partial charge in [-0.05, 0) is 32.9 Å². The summed E-state index contributed by atoms with van der Waals surface area (Å²) in [7, 11) is 0. The Bertz CT molecular complexity index is 924. The van der Waals surface area contributed by atoms with Gasteiger partial charge in [0.05, 0.1) is 11.2 Å². The number of aromatic nitrogens is 1. The van der Waals surface area contributed by atoms with E-state index >= 15 is 0 Å². The third kappa shape index (κ3) is 4.70. The van der Waals surface area contributed by atoms with Gasteiger partial charge >= 0.3 is 17.7 Å². The third-order valence-corrected chi connectivity index (χ3v) is 3.81. The zero-order valence-corrected chi connectivity index (χ0v) is 15.1. The molecule has 0 aliphatic heterocycles. The number of esters is 1. The maximum absolute atomic E-state index is 11.9. The van der Waals surface area contributed by atoms with Gasteiger partial charge in [0.15, 0.2) is 5.58 Å². The topological polar surface area (TPSA) is 142 Å². The Morgan fingerprint density at radius 3 is 2.58 bits per heavy atom. The fraction of sp³-hybridized carbons (Fsp3) is 0.400. The molecule has 0 spiro atoms. The maximum atomic E-state index is 11.9. The molecule has 2 rings (SSSR count). The van der Waals surface area contributed by atoms with Gasteiger partial charge in [0.25, 0.3) is 0 Å². The fourth-order valence-electron chi connectivity index (χ4n) is 2.22. The van der Waals surface area contributed by atoms with Crippen LogP contribution in [0.25, 0.3) is 11.1 Å². The van der Waals surface area contributed by atoms with Gasteiger partial charge in [0, 0.05) is 17.3 Å². The molecule has 0 fully saturated rings. The zero-order chi connectivity index (χ0) is 19.6. The van der Waals surface area contributed by atoms with Crippen LogP contribution in [0.1, 0.15) is 20.8 Å². The first-order valence-electron chi connectivity index (χ1n) is 7.42. The Morgan fingerprint density at radius 1 is 1.38 bits per heavy atom. The molecule has 2 aromatic rings. The molecule has 0 radical (unpaired) electrons. The molecule has 1 heterocycles. The molecule has 0 bridgehead atoms. The summed E-state index contributed by atoms with van der Waals surface area (Å²) in [6.45, 7) is 3.78. The lowest BCUT2D eigenvalue weighted by molar-refractivity contribution is -0.152. The summed E-state index contributed by atoms with van der Waals surface area (Å²) < 4.78 is 34.7. The van der Waals surface area contributed by atoms with E-state index in [-0.39, 0.29) is 16.8 Å². The number of nitrogens with zero attached hydrogens (tertiary/aromatic N) is 2. The Labute approximate surface area is 150 Å². The molecule has 1 atom stereocenters. The van der Waals surface area contributed by atoms with Gasteiger partial charge in [-0.15, -0.1) is 0 Å². The molecule has 0 aliphatic carbocycles. The Kier molecular flexibility index (Phi) is 5.52. The van der Waals surface area contributed by atoms with E-state index in [4.69, 9.17) is 14.3 Å². The predicted octanol–water partition coefficient (Wildman–Crippen LogP) is 0.621. The van der Waals surface area contributed by atoms with Crippen LogP contribution in [0, 0.1) is 0 Å². The molecule has 1 aromatic carbocycles.